The van der Waals surface area contributed by atoms with Crippen LogP contribution in [0.2, 0.25) is 0 Å². The zero-order chi connectivity index (χ0) is 14.2. The van der Waals surface area contributed by atoms with Gasteiger partial charge in [0.2, 0.25) is 0 Å². The monoisotopic (exact) mass is 276 g/mol. The van der Waals surface area contributed by atoms with Crippen molar-refractivity contribution in [1.29, 1.82) is 0 Å². The van der Waals surface area contributed by atoms with Crippen molar-refractivity contribution >= 4 is 11.4 Å². The Morgan fingerprint density at radius 1 is 1.47 bits per heavy atom. The maximum atomic E-state index is 12.5. The van der Waals surface area contributed by atoms with Gasteiger partial charge in [-0.05, 0) is 18.9 Å². The molecule has 0 bridgehead atoms. The van der Waals surface area contributed by atoms with Gasteiger partial charge in [-0.25, -0.2) is 4.98 Å². The summed E-state index contributed by atoms with van der Waals surface area (Å²) >= 11 is 0. The molecule has 1 aliphatic carbocycles. The molecule has 0 amide bonds. The third-order valence-corrected chi connectivity index (χ3v) is 2.90. The van der Waals surface area contributed by atoms with Crippen LogP contribution in [0, 0.1) is 10.1 Å². The van der Waals surface area contributed by atoms with Crippen LogP contribution in [0.4, 0.5) is 24.5 Å². The molecule has 1 aromatic heterocycles. The van der Waals surface area contributed by atoms with Crippen molar-refractivity contribution in [1.82, 2.24) is 4.98 Å². The van der Waals surface area contributed by atoms with E-state index in [9.17, 15) is 23.3 Å². The summed E-state index contributed by atoms with van der Waals surface area (Å²) < 4.78 is 37.5. The lowest BCUT2D eigenvalue weighted by molar-refractivity contribution is -0.384. The Labute approximate surface area is 106 Å². The van der Waals surface area contributed by atoms with E-state index in [1.807, 2.05) is 0 Å². The fourth-order valence-corrected chi connectivity index (χ4v) is 1.86. The number of nitro groups is 1. The van der Waals surface area contributed by atoms with E-state index < -0.39 is 22.5 Å². The number of nitrogens with zero attached hydrogens (tertiary/aromatic N) is 2. The molecule has 6 nitrogen and oxygen atoms in total. The largest absolute Gasteiger partial charge is 0.433 e. The van der Waals surface area contributed by atoms with E-state index in [2.05, 4.69) is 10.3 Å². The first kappa shape index (κ1) is 13.5. The van der Waals surface area contributed by atoms with Gasteiger partial charge in [0.25, 0.3) is 0 Å². The zero-order valence-electron chi connectivity index (χ0n) is 9.65. The van der Waals surface area contributed by atoms with E-state index in [1.54, 1.807) is 0 Å². The SMILES string of the molecule is NC1CC(Nc2cc(C(F)(F)F)ncc2[N+](=O)[O-])C1. The molecule has 0 unspecified atom stereocenters. The van der Waals surface area contributed by atoms with E-state index in [1.165, 1.54) is 0 Å². The van der Waals surface area contributed by atoms with Crippen LogP contribution in [0.25, 0.3) is 0 Å². The third-order valence-electron chi connectivity index (χ3n) is 2.90. The number of hydrogen-bond donors (Lipinski definition) is 2. The van der Waals surface area contributed by atoms with Crippen molar-refractivity contribution in [2.45, 2.75) is 31.1 Å². The fourth-order valence-electron chi connectivity index (χ4n) is 1.86. The molecule has 0 atom stereocenters. The molecule has 0 spiro atoms. The van der Waals surface area contributed by atoms with Gasteiger partial charge >= 0.3 is 11.9 Å². The Morgan fingerprint density at radius 3 is 2.58 bits per heavy atom. The van der Waals surface area contributed by atoms with Crippen molar-refractivity contribution in [2.75, 3.05) is 5.32 Å². The first-order valence-electron chi connectivity index (χ1n) is 5.51. The van der Waals surface area contributed by atoms with Gasteiger partial charge in [0.05, 0.1) is 4.92 Å². The van der Waals surface area contributed by atoms with Crippen LogP contribution < -0.4 is 11.1 Å². The van der Waals surface area contributed by atoms with E-state index in [-0.39, 0.29) is 17.8 Å². The van der Waals surface area contributed by atoms with Crippen molar-refractivity contribution in [2.24, 2.45) is 5.73 Å². The molecular formula is C10H11F3N4O2. The summed E-state index contributed by atoms with van der Waals surface area (Å²) in [4.78, 5) is 13.1. The molecule has 104 valence electrons. The number of alkyl halides is 3. The molecule has 1 aromatic rings. The number of nitrogens with two attached hydrogens (primary N) is 1. The zero-order valence-corrected chi connectivity index (χ0v) is 9.65. The molecule has 2 rings (SSSR count). The average Bonchev–Trinajstić information content (AvgIpc) is 2.25. The van der Waals surface area contributed by atoms with Crippen molar-refractivity contribution in [3.8, 4) is 0 Å². The molecule has 3 N–H and O–H groups in total. The summed E-state index contributed by atoms with van der Waals surface area (Å²) in [7, 11) is 0. The summed E-state index contributed by atoms with van der Waals surface area (Å²) in [6.45, 7) is 0. The second-order valence-electron chi connectivity index (χ2n) is 4.41. The van der Waals surface area contributed by atoms with Crippen LogP contribution in [0.5, 0.6) is 0 Å². The second kappa shape index (κ2) is 4.65. The number of pyridine rings is 1. The first-order valence-corrected chi connectivity index (χ1v) is 5.51. The lowest BCUT2D eigenvalue weighted by atomic mass is 9.87. The lowest BCUT2D eigenvalue weighted by Crippen LogP contribution is -2.44. The van der Waals surface area contributed by atoms with Crippen molar-refractivity contribution < 1.29 is 18.1 Å². The summed E-state index contributed by atoms with van der Waals surface area (Å²) in [6.07, 6.45) is -2.88. The highest BCUT2D eigenvalue weighted by molar-refractivity contribution is 5.61. The van der Waals surface area contributed by atoms with Gasteiger partial charge in [0.1, 0.15) is 17.6 Å². The van der Waals surface area contributed by atoms with Gasteiger partial charge in [-0.3, -0.25) is 10.1 Å². The van der Waals surface area contributed by atoms with Crippen LogP contribution in [-0.4, -0.2) is 22.0 Å². The maximum Gasteiger partial charge on any atom is 0.433 e. The van der Waals surface area contributed by atoms with E-state index in [4.69, 9.17) is 5.73 Å². The summed E-state index contributed by atoms with van der Waals surface area (Å²) in [5.41, 5.74) is 3.74. The van der Waals surface area contributed by atoms with Crippen molar-refractivity contribution in [3.63, 3.8) is 0 Å². The number of halogens is 3. The normalized spacial score (nSPS) is 22.7. The van der Waals surface area contributed by atoms with Crippen LogP contribution in [-0.2, 0) is 6.18 Å². The third kappa shape index (κ3) is 2.92. The summed E-state index contributed by atoms with van der Waals surface area (Å²) in [6, 6.07) is 0.500. The summed E-state index contributed by atoms with van der Waals surface area (Å²) in [5.74, 6) is 0. The minimum atomic E-state index is -4.64. The quantitative estimate of drug-likeness (QED) is 0.649. The van der Waals surface area contributed by atoms with Gasteiger partial charge in [-0.15, -0.1) is 0 Å². The Morgan fingerprint density at radius 2 is 2.11 bits per heavy atom. The minimum Gasteiger partial charge on any atom is -0.377 e. The molecule has 1 heterocycles. The highest BCUT2D eigenvalue weighted by Crippen LogP contribution is 2.34. The highest BCUT2D eigenvalue weighted by Gasteiger charge is 2.35. The Kier molecular flexibility index (Phi) is 3.31. The highest BCUT2D eigenvalue weighted by atomic mass is 19.4. The second-order valence-corrected chi connectivity index (χ2v) is 4.41. The standard InChI is InChI=1S/C10H11F3N4O2/c11-10(12,13)9-3-7(8(4-15-9)17(18)19)16-6-1-5(14)2-6/h3-6H,1-2,14H2,(H,15,16). The number of rotatable bonds is 3. The van der Waals surface area contributed by atoms with Gasteiger partial charge in [-0.1, -0.05) is 0 Å². The molecule has 1 saturated carbocycles. The molecule has 9 heteroatoms. The van der Waals surface area contributed by atoms with E-state index in [0.29, 0.717) is 25.1 Å². The average molecular weight is 276 g/mol. The lowest BCUT2D eigenvalue weighted by Gasteiger charge is -2.33. The maximum absolute atomic E-state index is 12.5. The smallest absolute Gasteiger partial charge is 0.377 e. The van der Waals surface area contributed by atoms with Gasteiger partial charge in [0.15, 0.2) is 0 Å². The molecule has 1 fully saturated rings. The predicted octanol–water partition coefficient (Wildman–Crippen LogP) is 1.91. The number of anilines is 1. The van der Waals surface area contributed by atoms with Gasteiger partial charge < -0.3 is 11.1 Å². The molecule has 0 radical (unpaired) electrons. The number of aromatic nitrogens is 1. The number of nitrogens with one attached hydrogen (secondary N) is 1. The Bertz CT molecular complexity index is 500. The molecule has 0 aromatic carbocycles. The van der Waals surface area contributed by atoms with Crippen LogP contribution in [0.3, 0.4) is 0 Å². The minimum absolute atomic E-state index is 0.0134. The van der Waals surface area contributed by atoms with E-state index in [0.717, 1.165) is 0 Å². The predicted molar refractivity (Wildman–Crippen MR) is 60.5 cm³/mol. The molecule has 0 saturated heterocycles. The molecule has 1 aliphatic rings. The Balaban J connectivity index is 2.28. The first-order chi connectivity index (χ1) is 8.77. The number of hydrogen-bond acceptors (Lipinski definition) is 5. The molecular weight excluding hydrogens is 265 g/mol. The van der Waals surface area contributed by atoms with E-state index >= 15 is 0 Å². The fraction of sp³-hybridized carbons (Fsp3) is 0.500. The van der Waals surface area contributed by atoms with Gasteiger partial charge in [0, 0.05) is 12.1 Å². The molecule has 19 heavy (non-hydrogen) atoms. The molecule has 0 aliphatic heterocycles. The van der Waals surface area contributed by atoms with Crippen molar-refractivity contribution in [3.05, 3.63) is 28.1 Å². The van der Waals surface area contributed by atoms with Gasteiger partial charge in [-0.2, -0.15) is 13.2 Å². The van der Waals surface area contributed by atoms with Crippen LogP contribution >= 0.6 is 0 Å². The topological polar surface area (TPSA) is 94.1 Å². The summed E-state index contributed by atoms with van der Waals surface area (Å²) in [5, 5.41) is 13.5. The Hall–Kier alpha value is -1.90. The van der Waals surface area contributed by atoms with Crippen LogP contribution in [0.15, 0.2) is 12.3 Å². The van der Waals surface area contributed by atoms with Crippen LogP contribution in [0.1, 0.15) is 18.5 Å².